The zero-order chi connectivity index (χ0) is 10.8. The first kappa shape index (κ1) is 13.9. The summed E-state index contributed by atoms with van der Waals surface area (Å²) in [5.74, 6) is 0. The summed E-state index contributed by atoms with van der Waals surface area (Å²) in [6, 6.07) is 0.337. The quantitative estimate of drug-likeness (QED) is 0.548. The van der Waals surface area contributed by atoms with E-state index in [1.807, 2.05) is 0 Å². The van der Waals surface area contributed by atoms with Crippen molar-refractivity contribution in [1.29, 1.82) is 0 Å². The van der Waals surface area contributed by atoms with Crippen molar-refractivity contribution < 1.29 is 0 Å². The number of unbranched alkanes of at least 4 members (excludes halogenated alkanes) is 2. The van der Waals surface area contributed by atoms with Crippen molar-refractivity contribution in [2.45, 2.75) is 38.6 Å². The minimum Gasteiger partial charge on any atom is -0.327 e. The van der Waals surface area contributed by atoms with Gasteiger partial charge in [0.2, 0.25) is 0 Å². The maximum absolute atomic E-state index is 5.96. The van der Waals surface area contributed by atoms with Crippen molar-refractivity contribution in [3.05, 3.63) is 0 Å². The molecule has 1 atom stereocenters. The molecule has 0 aromatic heterocycles. The molecular formula is C11H27N3. The van der Waals surface area contributed by atoms with E-state index in [1.54, 1.807) is 0 Å². The van der Waals surface area contributed by atoms with Crippen molar-refractivity contribution in [3.8, 4) is 0 Å². The highest BCUT2D eigenvalue weighted by Crippen LogP contribution is 2.00. The molecule has 3 heteroatoms. The Hall–Kier alpha value is -0.120. The summed E-state index contributed by atoms with van der Waals surface area (Å²) in [6.45, 7) is 5.30. The van der Waals surface area contributed by atoms with E-state index in [-0.39, 0.29) is 0 Å². The predicted octanol–water partition coefficient (Wildman–Crippen LogP) is 1.05. The third kappa shape index (κ3) is 9.96. The first-order valence-corrected chi connectivity index (χ1v) is 5.77. The molecule has 86 valence electrons. The van der Waals surface area contributed by atoms with Crippen LogP contribution >= 0.6 is 0 Å². The molecule has 0 rings (SSSR count). The molecule has 0 aliphatic heterocycles. The van der Waals surface area contributed by atoms with Gasteiger partial charge in [-0.1, -0.05) is 26.2 Å². The van der Waals surface area contributed by atoms with Gasteiger partial charge in [-0.25, -0.2) is 0 Å². The van der Waals surface area contributed by atoms with Crippen molar-refractivity contribution in [3.63, 3.8) is 0 Å². The van der Waals surface area contributed by atoms with Gasteiger partial charge in [0, 0.05) is 25.7 Å². The lowest BCUT2D eigenvalue weighted by atomic mass is 10.1. The smallest absolute Gasteiger partial charge is 0.0165 e. The molecule has 0 aromatic carbocycles. The molecule has 0 radical (unpaired) electrons. The van der Waals surface area contributed by atoms with Crippen LogP contribution in [-0.2, 0) is 0 Å². The Labute approximate surface area is 89.0 Å². The Morgan fingerprint density at radius 2 is 2.00 bits per heavy atom. The molecule has 0 amide bonds. The summed E-state index contributed by atoms with van der Waals surface area (Å²) in [5.41, 5.74) is 5.96. The fourth-order valence-corrected chi connectivity index (χ4v) is 1.35. The number of nitrogens with one attached hydrogen (secondary N) is 1. The molecule has 0 bridgehead atoms. The summed E-state index contributed by atoms with van der Waals surface area (Å²) in [5, 5.41) is 3.38. The van der Waals surface area contributed by atoms with Crippen molar-refractivity contribution in [2.75, 3.05) is 33.7 Å². The molecule has 0 saturated heterocycles. The van der Waals surface area contributed by atoms with Crippen LogP contribution in [-0.4, -0.2) is 44.7 Å². The third-order valence-electron chi connectivity index (χ3n) is 2.32. The summed E-state index contributed by atoms with van der Waals surface area (Å²) in [7, 11) is 4.17. The van der Waals surface area contributed by atoms with E-state index in [0.29, 0.717) is 6.04 Å². The second-order valence-corrected chi connectivity index (χ2v) is 4.26. The van der Waals surface area contributed by atoms with Crippen LogP contribution in [0.15, 0.2) is 0 Å². The van der Waals surface area contributed by atoms with Gasteiger partial charge < -0.3 is 16.0 Å². The molecule has 0 fully saturated rings. The van der Waals surface area contributed by atoms with Crippen LogP contribution < -0.4 is 11.1 Å². The lowest BCUT2D eigenvalue weighted by Crippen LogP contribution is -2.36. The number of hydrogen-bond acceptors (Lipinski definition) is 3. The first-order valence-electron chi connectivity index (χ1n) is 5.77. The fraction of sp³-hybridized carbons (Fsp3) is 1.00. The van der Waals surface area contributed by atoms with Gasteiger partial charge in [-0.3, -0.25) is 0 Å². The minimum absolute atomic E-state index is 0.337. The van der Waals surface area contributed by atoms with Crippen molar-refractivity contribution in [2.24, 2.45) is 5.73 Å². The molecule has 3 nitrogen and oxygen atoms in total. The van der Waals surface area contributed by atoms with Gasteiger partial charge in [0.15, 0.2) is 0 Å². The molecule has 0 aliphatic rings. The molecule has 0 saturated carbocycles. The molecule has 0 aromatic rings. The van der Waals surface area contributed by atoms with E-state index in [1.165, 1.54) is 19.3 Å². The lowest BCUT2D eigenvalue weighted by Gasteiger charge is -2.14. The highest BCUT2D eigenvalue weighted by molar-refractivity contribution is 4.64. The highest BCUT2D eigenvalue weighted by atomic mass is 15.1. The van der Waals surface area contributed by atoms with E-state index < -0.39 is 0 Å². The Morgan fingerprint density at radius 3 is 2.57 bits per heavy atom. The van der Waals surface area contributed by atoms with Crippen molar-refractivity contribution in [1.82, 2.24) is 10.2 Å². The Kier molecular flexibility index (Phi) is 9.35. The maximum atomic E-state index is 5.96. The minimum atomic E-state index is 0.337. The first-order chi connectivity index (χ1) is 6.66. The molecule has 0 spiro atoms. The third-order valence-corrected chi connectivity index (χ3v) is 2.32. The summed E-state index contributed by atoms with van der Waals surface area (Å²) < 4.78 is 0. The zero-order valence-electron chi connectivity index (χ0n) is 10.1. The summed E-state index contributed by atoms with van der Waals surface area (Å²) in [4.78, 5) is 2.18. The predicted molar refractivity (Wildman–Crippen MR) is 63.5 cm³/mol. The Balaban J connectivity index is 3.14. The average molecular weight is 201 g/mol. The lowest BCUT2D eigenvalue weighted by molar-refractivity contribution is 0.393. The van der Waals surface area contributed by atoms with Crippen LogP contribution in [0.1, 0.15) is 32.6 Å². The number of hydrogen-bond donors (Lipinski definition) is 2. The number of rotatable bonds is 9. The largest absolute Gasteiger partial charge is 0.327 e. The van der Waals surface area contributed by atoms with E-state index in [4.69, 9.17) is 5.73 Å². The molecule has 1 unspecified atom stereocenters. The van der Waals surface area contributed by atoms with E-state index in [0.717, 1.165) is 26.1 Å². The van der Waals surface area contributed by atoms with E-state index >= 15 is 0 Å². The van der Waals surface area contributed by atoms with Gasteiger partial charge >= 0.3 is 0 Å². The zero-order valence-corrected chi connectivity index (χ0v) is 10.1. The van der Waals surface area contributed by atoms with Gasteiger partial charge in [0.25, 0.3) is 0 Å². The number of likely N-dealkylation sites (N-methyl/N-ethyl adjacent to an activating group) is 1. The highest BCUT2D eigenvalue weighted by Gasteiger charge is 2.00. The van der Waals surface area contributed by atoms with E-state index in [2.05, 4.69) is 31.2 Å². The fourth-order valence-electron chi connectivity index (χ4n) is 1.35. The second-order valence-electron chi connectivity index (χ2n) is 4.26. The molecule has 0 aliphatic carbocycles. The van der Waals surface area contributed by atoms with Crippen LogP contribution in [0, 0.1) is 0 Å². The summed E-state index contributed by atoms with van der Waals surface area (Å²) >= 11 is 0. The van der Waals surface area contributed by atoms with Crippen LogP contribution in [0.3, 0.4) is 0 Å². The SMILES string of the molecule is CCCCCC(N)CNCCN(C)C. The monoisotopic (exact) mass is 201 g/mol. The number of nitrogens with two attached hydrogens (primary N) is 1. The van der Waals surface area contributed by atoms with Gasteiger partial charge in [-0.2, -0.15) is 0 Å². The standard InChI is InChI=1S/C11H27N3/c1-4-5-6-7-11(12)10-13-8-9-14(2)3/h11,13H,4-10,12H2,1-3H3. The average Bonchev–Trinajstić information content (AvgIpc) is 2.13. The maximum Gasteiger partial charge on any atom is 0.0165 e. The Morgan fingerprint density at radius 1 is 1.29 bits per heavy atom. The van der Waals surface area contributed by atoms with Gasteiger partial charge in [-0.05, 0) is 20.5 Å². The van der Waals surface area contributed by atoms with Crippen LogP contribution in [0.2, 0.25) is 0 Å². The van der Waals surface area contributed by atoms with Crippen LogP contribution in [0.25, 0.3) is 0 Å². The topological polar surface area (TPSA) is 41.3 Å². The Bertz CT molecular complexity index is 115. The normalized spacial score (nSPS) is 13.5. The van der Waals surface area contributed by atoms with Crippen molar-refractivity contribution >= 4 is 0 Å². The molecule has 0 heterocycles. The van der Waals surface area contributed by atoms with Gasteiger partial charge in [0.1, 0.15) is 0 Å². The molecular weight excluding hydrogens is 174 g/mol. The van der Waals surface area contributed by atoms with Gasteiger partial charge in [-0.15, -0.1) is 0 Å². The second kappa shape index (κ2) is 9.44. The van der Waals surface area contributed by atoms with Crippen LogP contribution in [0.4, 0.5) is 0 Å². The number of nitrogens with zero attached hydrogens (tertiary/aromatic N) is 1. The molecule has 14 heavy (non-hydrogen) atoms. The molecule has 3 N–H and O–H groups in total. The van der Waals surface area contributed by atoms with Gasteiger partial charge in [0.05, 0.1) is 0 Å². The summed E-state index contributed by atoms with van der Waals surface area (Å²) in [6.07, 6.45) is 5.02. The van der Waals surface area contributed by atoms with E-state index in [9.17, 15) is 0 Å². The van der Waals surface area contributed by atoms with Crippen LogP contribution in [0.5, 0.6) is 0 Å².